The topological polar surface area (TPSA) is 67.2 Å². The Bertz CT molecular complexity index is 814. The van der Waals surface area contributed by atoms with Gasteiger partial charge < -0.3 is 10.4 Å². The second-order valence-corrected chi connectivity index (χ2v) is 5.39. The smallest absolute Gasteiger partial charge is 0.275 e. The third-order valence-electron chi connectivity index (χ3n) is 3.30. The Morgan fingerprint density at radius 1 is 1.13 bits per heavy atom. The highest BCUT2D eigenvalue weighted by Gasteiger charge is 2.16. The Hall–Kier alpha value is -2.79. The number of aromatic nitrogens is 2. The number of nitrogens with zero attached hydrogens (tertiary/aromatic N) is 2. The number of amides is 1. The second-order valence-electron chi connectivity index (χ2n) is 4.95. The van der Waals surface area contributed by atoms with Crippen LogP contribution in [0.5, 0.6) is 5.75 Å². The van der Waals surface area contributed by atoms with E-state index in [4.69, 9.17) is 11.6 Å². The van der Waals surface area contributed by atoms with Crippen molar-refractivity contribution in [2.24, 2.45) is 0 Å². The van der Waals surface area contributed by atoms with Gasteiger partial charge in [-0.15, -0.1) is 0 Å². The number of hydrogen-bond donors (Lipinski definition) is 2. The van der Waals surface area contributed by atoms with Gasteiger partial charge >= 0.3 is 0 Å². The number of rotatable bonds is 4. The second kappa shape index (κ2) is 6.54. The first kappa shape index (κ1) is 15.1. The van der Waals surface area contributed by atoms with Crippen LogP contribution in [0.2, 0.25) is 5.02 Å². The minimum Gasteiger partial charge on any atom is -0.504 e. The molecule has 0 aliphatic rings. The number of carbonyl (C=O) groups excluding carboxylic acids is 1. The maximum absolute atomic E-state index is 12.2. The summed E-state index contributed by atoms with van der Waals surface area (Å²) in [7, 11) is 0. The van der Waals surface area contributed by atoms with Gasteiger partial charge in [0.1, 0.15) is 0 Å². The van der Waals surface area contributed by atoms with Gasteiger partial charge in [0.2, 0.25) is 0 Å². The van der Waals surface area contributed by atoms with Crippen molar-refractivity contribution in [3.05, 3.63) is 77.1 Å². The lowest BCUT2D eigenvalue weighted by molar-refractivity contribution is 0.0943. The fourth-order valence-electron chi connectivity index (χ4n) is 2.11. The monoisotopic (exact) mass is 327 g/mol. The molecule has 1 amide bonds. The first-order valence-corrected chi connectivity index (χ1v) is 7.38. The number of nitrogens with one attached hydrogen (secondary N) is 1. The van der Waals surface area contributed by atoms with Crippen molar-refractivity contribution in [2.45, 2.75) is 6.54 Å². The number of halogens is 1. The number of hydrogen-bond acceptors (Lipinski definition) is 3. The number of aromatic hydroxyl groups is 1. The molecule has 0 radical (unpaired) electrons. The van der Waals surface area contributed by atoms with Gasteiger partial charge in [-0.1, -0.05) is 41.9 Å². The minimum absolute atomic E-state index is 0.0113. The molecule has 0 atom stereocenters. The highest BCUT2D eigenvalue weighted by atomic mass is 35.5. The SMILES string of the molecule is O=C(NCc1ccc(Cl)cc1)c1nn(-c2ccccc2)cc1O. The van der Waals surface area contributed by atoms with Crippen molar-refractivity contribution in [3.8, 4) is 11.4 Å². The van der Waals surface area contributed by atoms with Crippen molar-refractivity contribution in [3.63, 3.8) is 0 Å². The van der Waals surface area contributed by atoms with Crippen LogP contribution in [0, 0.1) is 0 Å². The standard InChI is InChI=1S/C17H14ClN3O2/c18-13-8-6-12(7-9-13)10-19-17(23)16-15(22)11-21(20-16)14-4-2-1-3-5-14/h1-9,11,22H,10H2,(H,19,23). The van der Waals surface area contributed by atoms with Crippen LogP contribution in [0.3, 0.4) is 0 Å². The van der Waals surface area contributed by atoms with E-state index < -0.39 is 5.91 Å². The van der Waals surface area contributed by atoms with E-state index in [0.717, 1.165) is 11.3 Å². The third kappa shape index (κ3) is 3.52. The molecule has 1 heterocycles. The molecule has 2 N–H and O–H groups in total. The molecule has 0 saturated heterocycles. The van der Waals surface area contributed by atoms with Gasteiger partial charge in [-0.25, -0.2) is 4.68 Å². The van der Waals surface area contributed by atoms with Crippen LogP contribution < -0.4 is 5.32 Å². The molecule has 116 valence electrons. The lowest BCUT2D eigenvalue weighted by Crippen LogP contribution is -2.23. The number of carbonyl (C=O) groups is 1. The molecule has 3 aromatic rings. The summed E-state index contributed by atoms with van der Waals surface area (Å²) in [6.07, 6.45) is 1.41. The van der Waals surface area contributed by atoms with E-state index in [1.807, 2.05) is 42.5 Å². The van der Waals surface area contributed by atoms with Crippen molar-refractivity contribution in [1.29, 1.82) is 0 Å². The van der Waals surface area contributed by atoms with Crippen LogP contribution in [-0.4, -0.2) is 20.8 Å². The van der Waals surface area contributed by atoms with Crippen LogP contribution >= 0.6 is 11.6 Å². The van der Waals surface area contributed by atoms with E-state index in [2.05, 4.69) is 10.4 Å². The molecule has 23 heavy (non-hydrogen) atoms. The van der Waals surface area contributed by atoms with Crippen LogP contribution in [0.15, 0.2) is 60.8 Å². The summed E-state index contributed by atoms with van der Waals surface area (Å²) in [5.74, 6) is -0.602. The Labute approximate surface area is 138 Å². The zero-order valence-electron chi connectivity index (χ0n) is 12.1. The zero-order chi connectivity index (χ0) is 16.2. The summed E-state index contributed by atoms with van der Waals surface area (Å²) >= 11 is 5.82. The van der Waals surface area contributed by atoms with Crippen LogP contribution in [0.25, 0.3) is 5.69 Å². The predicted octanol–water partition coefficient (Wildman–Crippen LogP) is 3.16. The highest BCUT2D eigenvalue weighted by Crippen LogP contribution is 2.18. The predicted molar refractivity (Wildman–Crippen MR) is 87.9 cm³/mol. The molecule has 0 aliphatic carbocycles. The fraction of sp³-hybridized carbons (Fsp3) is 0.0588. The Balaban J connectivity index is 1.72. The molecule has 2 aromatic carbocycles. The molecule has 0 saturated carbocycles. The van der Waals surface area contributed by atoms with Crippen LogP contribution in [0.1, 0.15) is 16.1 Å². The molecule has 0 bridgehead atoms. The molecule has 1 aromatic heterocycles. The van der Waals surface area contributed by atoms with Gasteiger partial charge in [0.15, 0.2) is 11.4 Å². The van der Waals surface area contributed by atoms with Crippen molar-refractivity contribution in [2.75, 3.05) is 0 Å². The van der Waals surface area contributed by atoms with E-state index in [-0.39, 0.29) is 11.4 Å². The first-order chi connectivity index (χ1) is 11.1. The van der Waals surface area contributed by atoms with Crippen molar-refractivity contribution >= 4 is 17.5 Å². The molecule has 5 nitrogen and oxygen atoms in total. The number of benzene rings is 2. The van der Waals surface area contributed by atoms with Gasteiger partial charge in [-0.2, -0.15) is 5.10 Å². The lowest BCUT2D eigenvalue weighted by atomic mass is 10.2. The third-order valence-corrected chi connectivity index (χ3v) is 3.55. The molecule has 3 rings (SSSR count). The Morgan fingerprint density at radius 2 is 1.83 bits per heavy atom. The van der Waals surface area contributed by atoms with Gasteiger partial charge in [0.05, 0.1) is 11.9 Å². The average molecular weight is 328 g/mol. The van der Waals surface area contributed by atoms with E-state index in [1.165, 1.54) is 10.9 Å². The molecule has 0 fully saturated rings. The summed E-state index contributed by atoms with van der Waals surface area (Å²) in [4.78, 5) is 12.2. The molecule has 6 heteroatoms. The van der Waals surface area contributed by atoms with E-state index in [0.29, 0.717) is 11.6 Å². The summed E-state index contributed by atoms with van der Waals surface area (Å²) in [6, 6.07) is 16.4. The summed E-state index contributed by atoms with van der Waals surface area (Å²) in [5.41, 5.74) is 1.66. The van der Waals surface area contributed by atoms with Crippen molar-refractivity contribution in [1.82, 2.24) is 15.1 Å². The van der Waals surface area contributed by atoms with E-state index >= 15 is 0 Å². The average Bonchev–Trinajstić information content (AvgIpc) is 2.97. The van der Waals surface area contributed by atoms with Gasteiger partial charge in [0.25, 0.3) is 5.91 Å². The largest absolute Gasteiger partial charge is 0.504 e. The maximum atomic E-state index is 12.2. The molecule has 0 aliphatic heterocycles. The maximum Gasteiger partial charge on any atom is 0.275 e. The molecular formula is C17H14ClN3O2. The summed E-state index contributed by atoms with van der Waals surface area (Å²) < 4.78 is 1.46. The Kier molecular flexibility index (Phi) is 4.30. The van der Waals surface area contributed by atoms with Gasteiger partial charge in [-0.05, 0) is 29.8 Å². The Morgan fingerprint density at radius 3 is 2.52 bits per heavy atom. The number of para-hydroxylation sites is 1. The zero-order valence-corrected chi connectivity index (χ0v) is 12.9. The highest BCUT2D eigenvalue weighted by molar-refractivity contribution is 6.30. The normalized spacial score (nSPS) is 10.5. The lowest BCUT2D eigenvalue weighted by Gasteiger charge is -2.04. The van der Waals surface area contributed by atoms with Gasteiger partial charge in [-0.3, -0.25) is 4.79 Å². The summed E-state index contributed by atoms with van der Waals surface area (Å²) in [5, 5.41) is 17.4. The molecule has 0 spiro atoms. The quantitative estimate of drug-likeness (QED) is 0.773. The van der Waals surface area contributed by atoms with Gasteiger partial charge in [0, 0.05) is 11.6 Å². The van der Waals surface area contributed by atoms with E-state index in [1.54, 1.807) is 12.1 Å². The van der Waals surface area contributed by atoms with Crippen molar-refractivity contribution < 1.29 is 9.90 Å². The fourth-order valence-corrected chi connectivity index (χ4v) is 2.23. The van der Waals surface area contributed by atoms with Crippen LogP contribution in [-0.2, 0) is 6.54 Å². The molecular weight excluding hydrogens is 314 g/mol. The molecule has 0 unspecified atom stereocenters. The van der Waals surface area contributed by atoms with E-state index in [9.17, 15) is 9.90 Å². The minimum atomic E-state index is -0.438. The van der Waals surface area contributed by atoms with Crippen LogP contribution in [0.4, 0.5) is 0 Å². The summed E-state index contributed by atoms with van der Waals surface area (Å²) in [6.45, 7) is 0.327. The first-order valence-electron chi connectivity index (χ1n) is 7.00.